The number of aryl methyl sites for hydroxylation is 2. The number of hydrogen-bond acceptors (Lipinski definition) is 2. The summed E-state index contributed by atoms with van der Waals surface area (Å²) in [7, 11) is 0. The first kappa shape index (κ1) is 43.7. The summed E-state index contributed by atoms with van der Waals surface area (Å²) in [6.07, 6.45) is 0.968. The van der Waals surface area contributed by atoms with Crippen molar-refractivity contribution in [2.75, 3.05) is 9.80 Å². The van der Waals surface area contributed by atoms with Gasteiger partial charge in [-0.2, -0.15) is 0 Å². The van der Waals surface area contributed by atoms with E-state index in [1.54, 1.807) is 24.3 Å². The number of para-hydroxylation sites is 1. The van der Waals surface area contributed by atoms with E-state index < -0.39 is 0 Å². The van der Waals surface area contributed by atoms with Gasteiger partial charge in [-0.1, -0.05) is 135 Å². The van der Waals surface area contributed by atoms with Crippen LogP contribution in [0.15, 0.2) is 140 Å². The average molecular weight is 859 g/mol. The Bertz CT molecular complexity index is 2970. The number of halogens is 3. The maximum atomic E-state index is 16.6. The highest BCUT2D eigenvalue weighted by atomic mass is 35.5. The Labute approximate surface area is 377 Å². The summed E-state index contributed by atoms with van der Waals surface area (Å²) in [5.74, 6) is -0.764. The van der Waals surface area contributed by atoms with Gasteiger partial charge in [-0.15, -0.1) is 0 Å². The minimum absolute atomic E-state index is 0.0360. The lowest BCUT2D eigenvalue weighted by Gasteiger charge is -2.32. The van der Waals surface area contributed by atoms with Gasteiger partial charge in [0.1, 0.15) is 11.6 Å². The van der Waals surface area contributed by atoms with Crippen LogP contribution in [0.25, 0.3) is 27.5 Å². The largest absolute Gasteiger partial charge is 0.309 e. The predicted octanol–water partition coefficient (Wildman–Crippen LogP) is 17.6. The van der Waals surface area contributed by atoms with Gasteiger partial charge in [0.2, 0.25) is 0 Å². The lowest BCUT2D eigenvalue weighted by Crippen LogP contribution is -2.17. The fraction of sp³-hybridized carbons (Fsp3) is 0.263. The fourth-order valence-electron chi connectivity index (χ4n) is 8.50. The quantitative estimate of drug-likeness (QED) is 0.143. The Morgan fingerprint density at radius 1 is 0.492 bits per heavy atom. The van der Waals surface area contributed by atoms with E-state index in [1.807, 2.05) is 72.2 Å². The lowest BCUT2D eigenvalue weighted by molar-refractivity contribution is 0.506. The second-order valence-corrected chi connectivity index (χ2v) is 20.2. The molecule has 8 aromatic rings. The van der Waals surface area contributed by atoms with Crippen LogP contribution in [0.4, 0.5) is 42.9 Å². The van der Waals surface area contributed by atoms with E-state index in [0.29, 0.717) is 27.8 Å². The van der Waals surface area contributed by atoms with Gasteiger partial charge >= 0.3 is 0 Å². The molecular formula is C57H58ClF2N3. The van der Waals surface area contributed by atoms with Crippen molar-refractivity contribution in [3.63, 3.8) is 0 Å². The predicted molar refractivity (Wildman–Crippen MR) is 265 cm³/mol. The first-order chi connectivity index (χ1) is 29.8. The third kappa shape index (κ3) is 8.24. The summed E-state index contributed by atoms with van der Waals surface area (Å²) < 4.78 is 35.2. The molecule has 0 amide bonds. The standard InChI is InChI=1S/C57H58ClF2N3/c1-12-57(10,11)38-22-24-41(25-23-38)61(49-28-20-36(2)30-46(49)59)51-18-15-19-52(54(51)58)62(50-29-21-37(3)31-47(50)60)42-26-27-45-44-16-13-14-17-48(44)63(53(45)35-42)43-33-39(55(4,5)6)32-40(34-43)56(7,8)9/h13-35H,12H2,1-11H3. The summed E-state index contributed by atoms with van der Waals surface area (Å²) in [5.41, 5.74) is 11.4. The number of anilines is 6. The highest BCUT2D eigenvalue weighted by molar-refractivity contribution is 6.36. The van der Waals surface area contributed by atoms with Crippen LogP contribution in [-0.2, 0) is 16.2 Å². The van der Waals surface area contributed by atoms with Crippen molar-refractivity contribution in [1.29, 1.82) is 0 Å². The van der Waals surface area contributed by atoms with Crippen LogP contribution in [0.3, 0.4) is 0 Å². The van der Waals surface area contributed by atoms with Crippen LogP contribution < -0.4 is 9.80 Å². The van der Waals surface area contributed by atoms with Crippen LogP contribution in [0.5, 0.6) is 0 Å². The van der Waals surface area contributed by atoms with Gasteiger partial charge in [-0.05, 0) is 143 Å². The Balaban J connectivity index is 1.39. The zero-order valence-corrected chi connectivity index (χ0v) is 39.2. The van der Waals surface area contributed by atoms with Gasteiger partial charge < -0.3 is 14.4 Å². The maximum absolute atomic E-state index is 16.6. The number of hydrogen-bond donors (Lipinski definition) is 0. The average Bonchev–Trinajstić information content (AvgIpc) is 3.56. The second-order valence-electron chi connectivity index (χ2n) is 19.8. The molecule has 0 atom stereocenters. The molecule has 0 spiro atoms. The van der Waals surface area contributed by atoms with Crippen molar-refractivity contribution in [2.24, 2.45) is 0 Å². The summed E-state index contributed by atoms with van der Waals surface area (Å²) in [6.45, 7) is 23.9. The highest BCUT2D eigenvalue weighted by Crippen LogP contribution is 2.49. The molecule has 3 nitrogen and oxygen atoms in total. The van der Waals surface area contributed by atoms with Crippen LogP contribution in [0.1, 0.15) is 96.6 Å². The molecule has 1 heterocycles. The number of nitrogens with zero attached hydrogens (tertiary/aromatic N) is 3. The molecule has 0 saturated heterocycles. The molecule has 0 aliphatic rings. The molecular weight excluding hydrogens is 800 g/mol. The summed E-state index contributed by atoms with van der Waals surface area (Å²) in [5, 5.41) is 2.53. The van der Waals surface area contributed by atoms with Crippen LogP contribution in [-0.4, -0.2) is 4.57 Å². The van der Waals surface area contributed by atoms with E-state index in [1.165, 1.54) is 16.7 Å². The Kier molecular flexibility index (Phi) is 11.3. The molecule has 0 N–H and O–H groups in total. The number of fused-ring (bicyclic) bond motifs is 3. The van der Waals surface area contributed by atoms with E-state index in [-0.39, 0.29) is 27.9 Å². The molecule has 0 unspecified atom stereocenters. The van der Waals surface area contributed by atoms with Gasteiger partial charge in [0.05, 0.1) is 38.8 Å². The third-order valence-corrected chi connectivity index (χ3v) is 13.1. The van der Waals surface area contributed by atoms with Crippen molar-refractivity contribution >= 4 is 67.5 Å². The van der Waals surface area contributed by atoms with E-state index in [2.05, 4.69) is 134 Å². The van der Waals surface area contributed by atoms with E-state index in [0.717, 1.165) is 56.4 Å². The van der Waals surface area contributed by atoms with Gasteiger partial charge in [-0.3, -0.25) is 0 Å². The van der Waals surface area contributed by atoms with Crippen molar-refractivity contribution in [3.05, 3.63) is 184 Å². The monoisotopic (exact) mass is 857 g/mol. The van der Waals surface area contributed by atoms with E-state index in [9.17, 15) is 0 Å². The van der Waals surface area contributed by atoms with Gasteiger partial charge in [-0.25, -0.2) is 8.78 Å². The van der Waals surface area contributed by atoms with Crippen molar-refractivity contribution in [1.82, 2.24) is 4.57 Å². The lowest BCUT2D eigenvalue weighted by atomic mass is 9.80. The molecule has 7 aromatic carbocycles. The van der Waals surface area contributed by atoms with Gasteiger partial charge in [0.25, 0.3) is 0 Å². The normalized spacial score (nSPS) is 12.3. The smallest absolute Gasteiger partial charge is 0.147 e. The minimum atomic E-state index is -0.389. The minimum Gasteiger partial charge on any atom is -0.309 e. The van der Waals surface area contributed by atoms with Crippen LogP contribution in [0.2, 0.25) is 5.02 Å². The zero-order chi connectivity index (χ0) is 45.2. The number of rotatable bonds is 9. The summed E-state index contributed by atoms with van der Waals surface area (Å²) in [6, 6.07) is 46.3. The topological polar surface area (TPSA) is 11.4 Å². The van der Waals surface area contributed by atoms with Crippen LogP contribution in [0, 0.1) is 25.5 Å². The van der Waals surface area contributed by atoms with Crippen molar-refractivity contribution in [3.8, 4) is 5.69 Å². The molecule has 0 saturated carbocycles. The molecule has 8 rings (SSSR count). The molecule has 0 aliphatic carbocycles. The SMILES string of the molecule is CCC(C)(C)c1ccc(N(c2ccc(C)cc2F)c2cccc(N(c3ccc4c5ccccc5n(-c5cc(C(C)(C)C)cc(C(C)(C)C)c5)c4c3)c3ccc(C)cc3F)c2Cl)cc1. The summed E-state index contributed by atoms with van der Waals surface area (Å²) in [4.78, 5) is 3.76. The second kappa shape index (κ2) is 16.3. The Morgan fingerprint density at radius 3 is 1.52 bits per heavy atom. The molecule has 6 heteroatoms. The Hall–Kier alpha value is -5.91. The fourth-order valence-corrected chi connectivity index (χ4v) is 8.80. The van der Waals surface area contributed by atoms with Gasteiger partial charge in [0, 0.05) is 27.8 Å². The van der Waals surface area contributed by atoms with Crippen molar-refractivity contribution in [2.45, 2.75) is 98.8 Å². The molecule has 322 valence electrons. The first-order valence-corrected chi connectivity index (χ1v) is 22.4. The molecule has 1 aromatic heterocycles. The number of aromatic nitrogens is 1. The molecule has 0 bridgehead atoms. The highest BCUT2D eigenvalue weighted by Gasteiger charge is 2.28. The summed E-state index contributed by atoms with van der Waals surface area (Å²) >= 11 is 7.69. The van der Waals surface area contributed by atoms with Gasteiger partial charge in [0.15, 0.2) is 0 Å². The van der Waals surface area contributed by atoms with E-state index in [4.69, 9.17) is 11.6 Å². The van der Waals surface area contributed by atoms with Crippen LogP contribution >= 0.6 is 11.6 Å². The Morgan fingerprint density at radius 2 is 1.00 bits per heavy atom. The molecule has 0 fully saturated rings. The third-order valence-electron chi connectivity index (χ3n) is 12.7. The maximum Gasteiger partial charge on any atom is 0.147 e. The van der Waals surface area contributed by atoms with Crippen molar-refractivity contribution < 1.29 is 8.78 Å². The molecule has 63 heavy (non-hydrogen) atoms. The van der Waals surface area contributed by atoms with E-state index >= 15 is 8.78 Å². The first-order valence-electron chi connectivity index (χ1n) is 22.0. The zero-order valence-electron chi connectivity index (χ0n) is 38.5. The molecule has 0 aliphatic heterocycles. The molecule has 0 radical (unpaired) electrons. The number of benzene rings is 7.